The van der Waals surface area contributed by atoms with Crippen LogP contribution in [0.15, 0.2) is 24.4 Å². The molecule has 3 heteroatoms. The van der Waals surface area contributed by atoms with E-state index in [1.54, 1.807) is 6.07 Å². The first-order chi connectivity index (χ1) is 8.75. The Morgan fingerprint density at radius 1 is 1.33 bits per heavy atom. The summed E-state index contributed by atoms with van der Waals surface area (Å²) in [7, 11) is 1.99. The lowest BCUT2D eigenvalue weighted by Gasteiger charge is -2.10. The Morgan fingerprint density at radius 3 is 2.89 bits per heavy atom. The molecule has 3 nitrogen and oxygen atoms in total. The van der Waals surface area contributed by atoms with E-state index in [9.17, 15) is 5.11 Å². The van der Waals surface area contributed by atoms with Gasteiger partial charge in [-0.15, -0.1) is 0 Å². The van der Waals surface area contributed by atoms with Crippen molar-refractivity contribution in [2.45, 2.75) is 38.3 Å². The average Bonchev–Trinajstić information content (AvgIpc) is 2.96. The Labute approximate surface area is 107 Å². The highest BCUT2D eigenvalue weighted by Crippen LogP contribution is 2.28. The molecule has 1 aromatic carbocycles. The lowest BCUT2D eigenvalue weighted by Crippen LogP contribution is -2.25. The molecule has 0 radical (unpaired) electrons. The van der Waals surface area contributed by atoms with Crippen LogP contribution in [-0.4, -0.2) is 15.7 Å². The lowest BCUT2D eigenvalue weighted by atomic mass is 10.1. The minimum Gasteiger partial charge on any atom is -0.506 e. The van der Waals surface area contributed by atoms with Crippen LogP contribution in [0, 0.1) is 0 Å². The van der Waals surface area contributed by atoms with Crippen LogP contribution in [-0.2, 0) is 13.6 Å². The van der Waals surface area contributed by atoms with Gasteiger partial charge < -0.3 is 15.0 Å². The summed E-state index contributed by atoms with van der Waals surface area (Å²) in [4.78, 5) is 0. The predicted octanol–water partition coefficient (Wildman–Crippen LogP) is 2.92. The third kappa shape index (κ3) is 1.99. The summed E-state index contributed by atoms with van der Waals surface area (Å²) in [6.45, 7) is 0.894. The number of hydrogen-bond acceptors (Lipinski definition) is 2. The number of aromatic nitrogens is 1. The molecular weight excluding hydrogens is 224 g/mol. The minimum absolute atomic E-state index is 0.363. The number of phenolic OH excluding ortho intramolecular Hbond substituents is 1. The van der Waals surface area contributed by atoms with Crippen LogP contribution in [0.4, 0.5) is 0 Å². The number of nitrogens with zero attached hydrogens (tertiary/aromatic N) is 1. The van der Waals surface area contributed by atoms with Gasteiger partial charge in [0.25, 0.3) is 0 Å². The van der Waals surface area contributed by atoms with Gasteiger partial charge in [-0.25, -0.2) is 0 Å². The molecule has 1 aliphatic rings. The maximum absolute atomic E-state index is 9.90. The van der Waals surface area contributed by atoms with Gasteiger partial charge in [0.1, 0.15) is 5.75 Å². The molecule has 96 valence electrons. The normalized spacial score (nSPS) is 16.7. The maximum Gasteiger partial charge on any atom is 0.139 e. The van der Waals surface area contributed by atoms with Crippen molar-refractivity contribution in [1.82, 2.24) is 9.88 Å². The molecule has 1 saturated carbocycles. The number of rotatable bonds is 3. The number of para-hydroxylation sites is 1. The second kappa shape index (κ2) is 4.65. The van der Waals surface area contributed by atoms with Crippen LogP contribution in [0.3, 0.4) is 0 Å². The largest absolute Gasteiger partial charge is 0.506 e. The molecule has 0 atom stereocenters. The highest BCUT2D eigenvalue weighted by molar-refractivity contribution is 5.88. The Morgan fingerprint density at radius 2 is 2.11 bits per heavy atom. The molecule has 0 bridgehead atoms. The molecule has 0 saturated heterocycles. The molecule has 2 N–H and O–H groups in total. The molecular formula is C15H20N2O. The van der Waals surface area contributed by atoms with Crippen LogP contribution in [0.2, 0.25) is 0 Å². The van der Waals surface area contributed by atoms with E-state index in [0.29, 0.717) is 11.8 Å². The molecule has 1 aliphatic carbocycles. The van der Waals surface area contributed by atoms with E-state index in [2.05, 4.69) is 17.6 Å². The lowest BCUT2D eigenvalue weighted by molar-refractivity contribution is 0.479. The molecule has 0 amide bonds. The first kappa shape index (κ1) is 11.6. The third-order valence-corrected chi connectivity index (χ3v) is 4.00. The summed E-state index contributed by atoms with van der Waals surface area (Å²) < 4.78 is 2.01. The van der Waals surface area contributed by atoms with Crippen molar-refractivity contribution in [3.05, 3.63) is 30.0 Å². The molecule has 1 aromatic heterocycles. The van der Waals surface area contributed by atoms with Crippen molar-refractivity contribution in [3.63, 3.8) is 0 Å². The van der Waals surface area contributed by atoms with Crippen molar-refractivity contribution in [2.24, 2.45) is 7.05 Å². The molecule has 0 spiro atoms. The number of benzene rings is 1. The van der Waals surface area contributed by atoms with Gasteiger partial charge in [-0.05, 0) is 24.5 Å². The summed E-state index contributed by atoms with van der Waals surface area (Å²) >= 11 is 0. The van der Waals surface area contributed by atoms with E-state index in [4.69, 9.17) is 0 Å². The summed E-state index contributed by atoms with van der Waals surface area (Å²) in [5.74, 6) is 0.363. The molecule has 18 heavy (non-hydrogen) atoms. The van der Waals surface area contributed by atoms with Crippen molar-refractivity contribution in [2.75, 3.05) is 0 Å². The van der Waals surface area contributed by atoms with Crippen molar-refractivity contribution in [3.8, 4) is 5.75 Å². The zero-order chi connectivity index (χ0) is 12.5. The fourth-order valence-corrected chi connectivity index (χ4v) is 3.05. The molecule has 0 aliphatic heterocycles. The quantitative estimate of drug-likeness (QED) is 0.871. The second-order valence-electron chi connectivity index (χ2n) is 5.30. The van der Waals surface area contributed by atoms with Crippen LogP contribution < -0.4 is 5.32 Å². The molecule has 1 heterocycles. The Bertz CT molecular complexity index is 553. The summed E-state index contributed by atoms with van der Waals surface area (Å²) in [6.07, 6.45) is 7.43. The molecule has 1 fully saturated rings. The van der Waals surface area contributed by atoms with Crippen molar-refractivity contribution in [1.29, 1.82) is 0 Å². The number of fused-ring (bicyclic) bond motifs is 1. The van der Waals surface area contributed by atoms with Gasteiger partial charge in [0.15, 0.2) is 0 Å². The summed E-state index contributed by atoms with van der Waals surface area (Å²) in [5.41, 5.74) is 2.20. The molecule has 2 aromatic rings. The Hall–Kier alpha value is -1.48. The predicted molar refractivity (Wildman–Crippen MR) is 73.7 cm³/mol. The number of aromatic hydroxyl groups is 1. The van der Waals surface area contributed by atoms with Crippen LogP contribution in [0.5, 0.6) is 5.75 Å². The van der Waals surface area contributed by atoms with Crippen LogP contribution >= 0.6 is 0 Å². The fourth-order valence-electron chi connectivity index (χ4n) is 3.05. The third-order valence-electron chi connectivity index (χ3n) is 4.00. The highest BCUT2D eigenvalue weighted by Gasteiger charge is 2.15. The summed E-state index contributed by atoms with van der Waals surface area (Å²) in [5, 5.41) is 14.7. The number of phenols is 1. The van der Waals surface area contributed by atoms with E-state index in [1.807, 2.05) is 17.7 Å². The summed E-state index contributed by atoms with van der Waals surface area (Å²) in [6, 6.07) is 6.42. The fraction of sp³-hybridized carbons (Fsp3) is 0.467. The monoisotopic (exact) mass is 244 g/mol. The van der Waals surface area contributed by atoms with Crippen LogP contribution in [0.1, 0.15) is 31.2 Å². The van der Waals surface area contributed by atoms with Crippen LogP contribution in [0.25, 0.3) is 10.9 Å². The zero-order valence-corrected chi connectivity index (χ0v) is 10.8. The van der Waals surface area contributed by atoms with Gasteiger partial charge in [0, 0.05) is 31.2 Å². The Kier molecular flexibility index (Phi) is 3.00. The standard InChI is InChI=1S/C15H20N2O/c1-17-10-11(9-16-12-5-2-3-6-12)13-7-4-8-14(18)15(13)17/h4,7-8,10,12,16,18H,2-3,5-6,9H2,1H3. The molecule has 3 rings (SSSR count). The smallest absolute Gasteiger partial charge is 0.139 e. The van der Waals surface area contributed by atoms with E-state index < -0.39 is 0 Å². The van der Waals surface area contributed by atoms with E-state index in [0.717, 1.165) is 17.4 Å². The number of nitrogens with one attached hydrogen (secondary N) is 1. The molecule has 0 unspecified atom stereocenters. The van der Waals surface area contributed by atoms with Gasteiger partial charge >= 0.3 is 0 Å². The Balaban J connectivity index is 1.85. The van der Waals surface area contributed by atoms with E-state index in [1.165, 1.54) is 31.2 Å². The average molecular weight is 244 g/mol. The minimum atomic E-state index is 0.363. The maximum atomic E-state index is 9.90. The first-order valence-electron chi connectivity index (χ1n) is 6.75. The second-order valence-corrected chi connectivity index (χ2v) is 5.30. The van der Waals surface area contributed by atoms with Gasteiger partial charge in [-0.2, -0.15) is 0 Å². The topological polar surface area (TPSA) is 37.2 Å². The SMILES string of the molecule is Cn1cc(CNC2CCCC2)c2cccc(O)c21. The van der Waals surface area contributed by atoms with Crippen molar-refractivity contribution >= 4 is 10.9 Å². The van der Waals surface area contributed by atoms with E-state index >= 15 is 0 Å². The van der Waals surface area contributed by atoms with Gasteiger partial charge in [0.05, 0.1) is 5.52 Å². The number of hydrogen-bond donors (Lipinski definition) is 2. The number of aryl methyl sites for hydroxylation is 1. The van der Waals surface area contributed by atoms with Gasteiger partial charge in [0.2, 0.25) is 0 Å². The first-order valence-corrected chi connectivity index (χ1v) is 6.75. The zero-order valence-electron chi connectivity index (χ0n) is 10.8. The van der Waals surface area contributed by atoms with Gasteiger partial charge in [-0.1, -0.05) is 25.0 Å². The van der Waals surface area contributed by atoms with Crippen molar-refractivity contribution < 1.29 is 5.11 Å². The van der Waals surface area contributed by atoms with E-state index in [-0.39, 0.29) is 0 Å². The highest BCUT2D eigenvalue weighted by atomic mass is 16.3. The van der Waals surface area contributed by atoms with Gasteiger partial charge in [-0.3, -0.25) is 0 Å².